The Bertz CT molecular complexity index is 550. The fourth-order valence-electron chi connectivity index (χ4n) is 1.79. The molecular formula is C14H20N4O. The van der Waals surface area contributed by atoms with E-state index in [9.17, 15) is 0 Å². The molecule has 102 valence electrons. The van der Waals surface area contributed by atoms with Gasteiger partial charge in [0, 0.05) is 18.3 Å². The van der Waals surface area contributed by atoms with Gasteiger partial charge in [0.15, 0.2) is 0 Å². The van der Waals surface area contributed by atoms with E-state index in [0.29, 0.717) is 5.95 Å². The molecule has 0 radical (unpaired) electrons. The van der Waals surface area contributed by atoms with E-state index in [2.05, 4.69) is 20.6 Å². The normalized spacial score (nSPS) is 12.2. The summed E-state index contributed by atoms with van der Waals surface area (Å²) in [6.07, 6.45) is 1.81. The van der Waals surface area contributed by atoms with Gasteiger partial charge in [-0.1, -0.05) is 0 Å². The molecule has 0 bridgehead atoms. The van der Waals surface area contributed by atoms with Crippen molar-refractivity contribution in [3.8, 4) is 0 Å². The van der Waals surface area contributed by atoms with Crippen molar-refractivity contribution >= 4 is 11.8 Å². The third kappa shape index (κ3) is 3.24. The maximum atomic E-state index is 5.61. The Hall–Kier alpha value is -2.04. The maximum Gasteiger partial charge on any atom is 0.224 e. The third-order valence-corrected chi connectivity index (χ3v) is 2.85. The van der Waals surface area contributed by atoms with Crippen LogP contribution in [-0.4, -0.2) is 16.5 Å². The first kappa shape index (κ1) is 13.4. The van der Waals surface area contributed by atoms with Crippen LogP contribution in [0.5, 0.6) is 0 Å². The average molecular weight is 260 g/mol. The van der Waals surface area contributed by atoms with Crippen LogP contribution in [-0.2, 0) is 0 Å². The lowest BCUT2D eigenvalue weighted by molar-refractivity contribution is 0.466. The van der Waals surface area contributed by atoms with Gasteiger partial charge in [-0.3, -0.25) is 0 Å². The van der Waals surface area contributed by atoms with E-state index in [1.54, 1.807) is 0 Å². The number of rotatable bonds is 5. The van der Waals surface area contributed by atoms with Gasteiger partial charge < -0.3 is 15.1 Å². The van der Waals surface area contributed by atoms with E-state index >= 15 is 0 Å². The molecule has 2 heterocycles. The molecule has 2 aromatic rings. The summed E-state index contributed by atoms with van der Waals surface area (Å²) in [7, 11) is 0. The Morgan fingerprint density at radius 3 is 2.74 bits per heavy atom. The highest BCUT2D eigenvalue weighted by molar-refractivity contribution is 5.47. The Kier molecular flexibility index (Phi) is 4.04. The molecule has 19 heavy (non-hydrogen) atoms. The van der Waals surface area contributed by atoms with Gasteiger partial charge in [-0.05, 0) is 39.8 Å². The molecule has 1 atom stereocenters. The molecule has 0 fully saturated rings. The first-order chi connectivity index (χ1) is 9.10. The lowest BCUT2D eigenvalue weighted by atomic mass is 10.2. The summed E-state index contributed by atoms with van der Waals surface area (Å²) in [6.45, 7) is 8.79. The largest absolute Gasteiger partial charge is 0.464 e. The molecule has 0 spiro atoms. The van der Waals surface area contributed by atoms with Crippen LogP contribution < -0.4 is 10.6 Å². The molecule has 0 aliphatic heterocycles. The summed E-state index contributed by atoms with van der Waals surface area (Å²) in [5, 5.41) is 6.46. The first-order valence-electron chi connectivity index (χ1n) is 6.50. The number of furan rings is 1. The summed E-state index contributed by atoms with van der Waals surface area (Å²) >= 11 is 0. The molecule has 5 heteroatoms. The predicted molar refractivity (Wildman–Crippen MR) is 76.4 cm³/mol. The zero-order chi connectivity index (χ0) is 13.8. The summed E-state index contributed by atoms with van der Waals surface area (Å²) in [5.41, 5.74) is 1.01. The molecule has 0 saturated carbocycles. The Labute approximate surface area is 113 Å². The second-order valence-electron chi connectivity index (χ2n) is 4.57. The number of anilines is 2. The quantitative estimate of drug-likeness (QED) is 0.863. The van der Waals surface area contributed by atoms with Crippen molar-refractivity contribution in [2.45, 2.75) is 33.7 Å². The fourth-order valence-corrected chi connectivity index (χ4v) is 1.79. The Morgan fingerprint density at radius 1 is 1.32 bits per heavy atom. The van der Waals surface area contributed by atoms with Crippen LogP contribution in [0.15, 0.2) is 22.7 Å². The van der Waals surface area contributed by atoms with Crippen molar-refractivity contribution < 1.29 is 4.42 Å². The molecule has 1 unspecified atom stereocenters. The van der Waals surface area contributed by atoms with Gasteiger partial charge in [-0.15, -0.1) is 0 Å². The van der Waals surface area contributed by atoms with Gasteiger partial charge in [-0.2, -0.15) is 4.98 Å². The van der Waals surface area contributed by atoms with E-state index in [1.165, 1.54) is 0 Å². The lowest BCUT2D eigenvalue weighted by Crippen LogP contribution is -2.11. The monoisotopic (exact) mass is 260 g/mol. The third-order valence-electron chi connectivity index (χ3n) is 2.85. The van der Waals surface area contributed by atoms with E-state index in [1.807, 2.05) is 46.0 Å². The lowest BCUT2D eigenvalue weighted by Gasteiger charge is -2.14. The summed E-state index contributed by atoms with van der Waals surface area (Å²) in [4.78, 5) is 8.69. The Balaban J connectivity index is 2.15. The molecule has 2 rings (SSSR count). The van der Waals surface area contributed by atoms with E-state index < -0.39 is 0 Å². The minimum Gasteiger partial charge on any atom is -0.464 e. The summed E-state index contributed by atoms with van der Waals surface area (Å²) < 4.78 is 5.61. The van der Waals surface area contributed by atoms with Gasteiger partial charge in [0.2, 0.25) is 5.95 Å². The second-order valence-corrected chi connectivity index (χ2v) is 4.57. The number of hydrogen-bond acceptors (Lipinski definition) is 5. The Morgan fingerprint density at radius 2 is 2.11 bits per heavy atom. The average Bonchev–Trinajstić information content (AvgIpc) is 2.80. The van der Waals surface area contributed by atoms with Crippen LogP contribution >= 0.6 is 0 Å². The van der Waals surface area contributed by atoms with Crippen LogP contribution in [0.4, 0.5) is 11.8 Å². The minimum absolute atomic E-state index is 0.0665. The number of aryl methyl sites for hydroxylation is 2. The molecule has 2 N–H and O–H groups in total. The second kappa shape index (κ2) is 5.73. The van der Waals surface area contributed by atoms with Crippen molar-refractivity contribution in [3.05, 3.63) is 35.4 Å². The molecular weight excluding hydrogens is 240 g/mol. The molecule has 5 nitrogen and oxygen atoms in total. The van der Waals surface area contributed by atoms with Gasteiger partial charge in [-0.25, -0.2) is 4.98 Å². The van der Waals surface area contributed by atoms with Gasteiger partial charge >= 0.3 is 0 Å². The van der Waals surface area contributed by atoms with Crippen LogP contribution in [0.3, 0.4) is 0 Å². The zero-order valence-electron chi connectivity index (χ0n) is 11.8. The number of nitrogens with one attached hydrogen (secondary N) is 2. The predicted octanol–water partition coefficient (Wildman–Crippen LogP) is 3.29. The molecule has 0 aromatic carbocycles. The smallest absolute Gasteiger partial charge is 0.224 e. The highest BCUT2D eigenvalue weighted by atomic mass is 16.3. The first-order valence-corrected chi connectivity index (χ1v) is 6.50. The maximum absolute atomic E-state index is 5.61. The van der Waals surface area contributed by atoms with Crippen LogP contribution in [0.25, 0.3) is 0 Å². The molecule has 2 aromatic heterocycles. The number of nitrogens with zero attached hydrogens (tertiary/aromatic N) is 2. The summed E-state index contributed by atoms with van der Waals surface area (Å²) in [5.74, 6) is 3.28. The topological polar surface area (TPSA) is 63.0 Å². The van der Waals surface area contributed by atoms with Crippen molar-refractivity contribution in [3.63, 3.8) is 0 Å². The molecule has 0 saturated heterocycles. The van der Waals surface area contributed by atoms with Crippen molar-refractivity contribution in [1.29, 1.82) is 0 Å². The summed E-state index contributed by atoms with van der Waals surface area (Å²) in [6, 6.07) is 4.01. The minimum atomic E-state index is 0.0665. The zero-order valence-corrected chi connectivity index (χ0v) is 11.8. The standard InChI is InChI=1S/C14H20N4O/c1-5-15-14-16-8-9(2)13(18-14)17-11(4)12-7-6-10(3)19-12/h6-8,11H,5H2,1-4H3,(H2,15,16,17,18). The van der Waals surface area contributed by atoms with Crippen molar-refractivity contribution in [1.82, 2.24) is 9.97 Å². The number of aromatic nitrogens is 2. The van der Waals surface area contributed by atoms with E-state index in [-0.39, 0.29) is 6.04 Å². The van der Waals surface area contributed by atoms with Crippen LogP contribution in [0, 0.1) is 13.8 Å². The van der Waals surface area contributed by atoms with E-state index in [4.69, 9.17) is 4.42 Å². The van der Waals surface area contributed by atoms with Gasteiger partial charge in [0.25, 0.3) is 0 Å². The van der Waals surface area contributed by atoms with Crippen molar-refractivity contribution in [2.24, 2.45) is 0 Å². The van der Waals surface area contributed by atoms with Crippen LogP contribution in [0.1, 0.15) is 37.0 Å². The molecule has 0 amide bonds. The SMILES string of the molecule is CCNc1ncc(C)c(NC(C)c2ccc(C)o2)n1. The highest BCUT2D eigenvalue weighted by Crippen LogP contribution is 2.22. The van der Waals surface area contributed by atoms with Crippen molar-refractivity contribution in [2.75, 3.05) is 17.2 Å². The fraction of sp³-hybridized carbons (Fsp3) is 0.429. The number of hydrogen-bond donors (Lipinski definition) is 2. The highest BCUT2D eigenvalue weighted by Gasteiger charge is 2.12. The van der Waals surface area contributed by atoms with E-state index in [0.717, 1.165) is 29.4 Å². The van der Waals surface area contributed by atoms with Gasteiger partial charge in [0.05, 0.1) is 6.04 Å². The molecule has 0 aliphatic carbocycles. The van der Waals surface area contributed by atoms with Gasteiger partial charge in [0.1, 0.15) is 17.3 Å². The van der Waals surface area contributed by atoms with Crippen LogP contribution in [0.2, 0.25) is 0 Å². The molecule has 0 aliphatic rings.